The zero-order chi connectivity index (χ0) is 18.1. The molecule has 0 unspecified atom stereocenters. The predicted octanol–water partition coefficient (Wildman–Crippen LogP) is 4.46. The van der Waals surface area contributed by atoms with Crippen LogP contribution in [0.4, 0.5) is 5.95 Å². The van der Waals surface area contributed by atoms with Gasteiger partial charge in [0.15, 0.2) is 0 Å². The number of aromatic nitrogens is 3. The molecule has 5 nitrogen and oxygen atoms in total. The summed E-state index contributed by atoms with van der Waals surface area (Å²) in [6.07, 6.45) is 4.92. The van der Waals surface area contributed by atoms with Crippen molar-refractivity contribution in [2.45, 2.75) is 19.9 Å². The predicted molar refractivity (Wildman–Crippen MR) is 105 cm³/mol. The fourth-order valence-corrected chi connectivity index (χ4v) is 3.29. The molecule has 5 heteroatoms. The molecule has 0 aliphatic heterocycles. The smallest absolute Gasteiger partial charge is 0.220 e. The summed E-state index contributed by atoms with van der Waals surface area (Å²) >= 11 is 0. The molecule has 4 rings (SSSR count). The van der Waals surface area contributed by atoms with Gasteiger partial charge in [0.25, 0.3) is 0 Å². The summed E-state index contributed by atoms with van der Waals surface area (Å²) in [5.74, 6) is 0.351. The van der Waals surface area contributed by atoms with Crippen molar-refractivity contribution < 1.29 is 5.11 Å². The van der Waals surface area contributed by atoms with E-state index in [1.165, 1.54) is 5.52 Å². The van der Waals surface area contributed by atoms with Crippen molar-refractivity contribution in [2.24, 2.45) is 0 Å². The Hall–Kier alpha value is -3.34. The summed E-state index contributed by atoms with van der Waals surface area (Å²) in [6, 6.07) is 15.5. The first-order chi connectivity index (χ1) is 12.7. The number of hydrogen-bond donors (Lipinski definition) is 2. The van der Waals surface area contributed by atoms with Crippen LogP contribution in [-0.4, -0.2) is 19.6 Å². The first-order valence-electron chi connectivity index (χ1n) is 8.67. The number of phenols is 1. The molecule has 0 aliphatic carbocycles. The second-order valence-corrected chi connectivity index (χ2v) is 6.29. The lowest BCUT2D eigenvalue weighted by molar-refractivity contribution is 0.477. The fraction of sp³-hybridized carbons (Fsp3) is 0.143. The van der Waals surface area contributed by atoms with E-state index < -0.39 is 0 Å². The Bertz CT molecular complexity index is 1080. The first-order valence-corrected chi connectivity index (χ1v) is 8.67. The van der Waals surface area contributed by atoms with Gasteiger partial charge < -0.3 is 15.4 Å². The molecule has 0 atom stereocenters. The molecule has 0 radical (unpaired) electrons. The van der Waals surface area contributed by atoms with Crippen LogP contribution in [0.5, 0.6) is 5.75 Å². The lowest BCUT2D eigenvalue weighted by Crippen LogP contribution is -1.99. The Kier molecular flexibility index (Phi) is 4.05. The monoisotopic (exact) mass is 344 g/mol. The molecule has 2 aromatic heterocycles. The number of nitrogens with two attached hydrogens (primary N) is 1. The van der Waals surface area contributed by atoms with Crippen LogP contribution in [0.15, 0.2) is 60.9 Å². The summed E-state index contributed by atoms with van der Waals surface area (Å²) in [5, 5.41) is 11.4. The van der Waals surface area contributed by atoms with Crippen LogP contribution in [0.3, 0.4) is 0 Å². The molecular weight excluding hydrogens is 324 g/mol. The number of para-hydroxylation sites is 1. The third-order valence-electron chi connectivity index (χ3n) is 4.51. The summed E-state index contributed by atoms with van der Waals surface area (Å²) in [4.78, 5) is 8.56. The van der Waals surface area contributed by atoms with E-state index in [1.54, 1.807) is 18.3 Å². The van der Waals surface area contributed by atoms with Crippen LogP contribution >= 0.6 is 0 Å². The van der Waals surface area contributed by atoms with Crippen LogP contribution in [-0.2, 0) is 6.54 Å². The van der Waals surface area contributed by atoms with Gasteiger partial charge >= 0.3 is 0 Å². The summed E-state index contributed by atoms with van der Waals surface area (Å²) in [6.45, 7) is 3.17. The zero-order valence-electron chi connectivity index (χ0n) is 14.6. The van der Waals surface area contributed by atoms with Crippen LogP contribution < -0.4 is 5.73 Å². The van der Waals surface area contributed by atoms with Gasteiger partial charge in [0, 0.05) is 41.0 Å². The van der Waals surface area contributed by atoms with Gasteiger partial charge in [0.05, 0.1) is 5.69 Å². The molecule has 0 bridgehead atoms. The van der Waals surface area contributed by atoms with E-state index >= 15 is 0 Å². The normalized spacial score (nSPS) is 11.1. The quantitative estimate of drug-likeness (QED) is 0.573. The highest BCUT2D eigenvalue weighted by Gasteiger charge is 2.14. The minimum absolute atomic E-state index is 0.169. The Morgan fingerprint density at radius 2 is 1.92 bits per heavy atom. The molecule has 2 aromatic carbocycles. The van der Waals surface area contributed by atoms with E-state index in [1.807, 2.05) is 12.1 Å². The molecule has 0 spiro atoms. The lowest BCUT2D eigenvalue weighted by atomic mass is 9.99. The number of benzene rings is 2. The Labute approximate surface area is 151 Å². The minimum atomic E-state index is 0.169. The number of phenolic OH excluding ortho intramolecular Hbond substituents is 1. The molecule has 0 saturated heterocycles. The number of rotatable bonds is 4. The van der Waals surface area contributed by atoms with Crippen molar-refractivity contribution >= 4 is 16.9 Å². The average Bonchev–Trinajstić information content (AvgIpc) is 3.05. The molecule has 0 fully saturated rings. The van der Waals surface area contributed by atoms with E-state index in [0.29, 0.717) is 11.3 Å². The maximum atomic E-state index is 10.3. The van der Waals surface area contributed by atoms with Gasteiger partial charge in [0.2, 0.25) is 5.95 Å². The first kappa shape index (κ1) is 16.1. The molecule has 0 saturated carbocycles. The maximum absolute atomic E-state index is 10.3. The van der Waals surface area contributed by atoms with Crippen LogP contribution in [0.2, 0.25) is 0 Å². The van der Waals surface area contributed by atoms with Gasteiger partial charge in [-0.3, -0.25) is 0 Å². The highest BCUT2D eigenvalue weighted by atomic mass is 16.3. The van der Waals surface area contributed by atoms with Crippen molar-refractivity contribution in [3.63, 3.8) is 0 Å². The Morgan fingerprint density at radius 3 is 2.73 bits per heavy atom. The van der Waals surface area contributed by atoms with Gasteiger partial charge in [-0.15, -0.1) is 0 Å². The number of aryl methyl sites for hydroxylation is 1. The second-order valence-electron chi connectivity index (χ2n) is 6.29. The molecule has 4 aromatic rings. The van der Waals surface area contributed by atoms with Crippen molar-refractivity contribution in [1.82, 2.24) is 14.5 Å². The van der Waals surface area contributed by atoms with Crippen molar-refractivity contribution in [1.29, 1.82) is 0 Å². The van der Waals surface area contributed by atoms with E-state index in [2.05, 4.69) is 51.9 Å². The molecule has 3 N–H and O–H groups in total. The van der Waals surface area contributed by atoms with Crippen molar-refractivity contribution in [3.05, 3.63) is 60.9 Å². The van der Waals surface area contributed by atoms with Gasteiger partial charge in [-0.2, -0.15) is 0 Å². The average molecular weight is 344 g/mol. The number of fused-ring (bicyclic) bond motifs is 1. The van der Waals surface area contributed by atoms with Gasteiger partial charge in [-0.05, 0) is 42.3 Å². The van der Waals surface area contributed by atoms with Crippen molar-refractivity contribution in [3.8, 4) is 28.1 Å². The van der Waals surface area contributed by atoms with Crippen molar-refractivity contribution in [2.75, 3.05) is 5.73 Å². The number of aromatic hydroxyl groups is 1. The van der Waals surface area contributed by atoms with E-state index in [9.17, 15) is 5.11 Å². The number of anilines is 1. The highest BCUT2D eigenvalue weighted by Crippen LogP contribution is 2.36. The lowest BCUT2D eigenvalue weighted by Gasteiger charge is -2.11. The largest absolute Gasteiger partial charge is 0.507 e. The van der Waals surface area contributed by atoms with Crippen LogP contribution in [0.25, 0.3) is 33.3 Å². The number of nitrogen functional groups attached to an aromatic ring is 1. The number of nitrogens with zero attached hydrogens (tertiary/aromatic N) is 3. The highest BCUT2D eigenvalue weighted by molar-refractivity contribution is 5.90. The maximum Gasteiger partial charge on any atom is 0.220 e. The third kappa shape index (κ3) is 2.77. The Morgan fingerprint density at radius 1 is 1.08 bits per heavy atom. The van der Waals surface area contributed by atoms with Crippen LogP contribution in [0, 0.1) is 0 Å². The number of hydrogen-bond acceptors (Lipinski definition) is 4. The van der Waals surface area contributed by atoms with Gasteiger partial charge in [-0.1, -0.05) is 25.1 Å². The molecular formula is C21H20N4O. The second kappa shape index (κ2) is 6.52. The minimum Gasteiger partial charge on any atom is -0.507 e. The molecule has 26 heavy (non-hydrogen) atoms. The third-order valence-corrected chi connectivity index (χ3v) is 4.51. The standard InChI is InChI=1S/C21H20N4O/c1-2-10-25-11-9-15-12-14(7-8-18(15)25)17-13-23-21(22)24-20(17)16-5-3-4-6-19(16)26/h3-9,11-13,26H,2,10H2,1H3,(H2,22,23,24). The van der Waals surface area contributed by atoms with E-state index in [-0.39, 0.29) is 11.7 Å². The fourth-order valence-electron chi connectivity index (χ4n) is 3.29. The Balaban J connectivity index is 1.88. The molecule has 2 heterocycles. The zero-order valence-corrected chi connectivity index (χ0v) is 14.6. The van der Waals surface area contributed by atoms with Gasteiger partial charge in [0.1, 0.15) is 5.75 Å². The van der Waals surface area contributed by atoms with E-state index in [0.717, 1.165) is 29.5 Å². The SMILES string of the molecule is CCCn1ccc2cc(-c3cnc(N)nc3-c3ccccc3O)ccc21. The summed E-state index contributed by atoms with van der Waals surface area (Å²) in [7, 11) is 0. The van der Waals surface area contributed by atoms with Crippen LogP contribution in [0.1, 0.15) is 13.3 Å². The molecule has 130 valence electrons. The molecule has 0 aliphatic rings. The van der Waals surface area contributed by atoms with E-state index in [4.69, 9.17) is 5.73 Å². The molecule has 0 amide bonds. The van der Waals surface area contributed by atoms with Gasteiger partial charge in [-0.25, -0.2) is 9.97 Å². The summed E-state index contributed by atoms with van der Waals surface area (Å²) < 4.78 is 2.25. The topological polar surface area (TPSA) is 77.0 Å². The summed E-state index contributed by atoms with van der Waals surface area (Å²) in [5.41, 5.74) is 10.1.